The van der Waals surface area contributed by atoms with Gasteiger partial charge in [0.2, 0.25) is 5.95 Å². The molecule has 0 radical (unpaired) electrons. The number of carbonyl (C=O) groups is 1. The van der Waals surface area contributed by atoms with Crippen molar-refractivity contribution in [3.8, 4) is 5.82 Å². The first kappa shape index (κ1) is 28.3. The van der Waals surface area contributed by atoms with Crippen molar-refractivity contribution in [3.05, 3.63) is 64.0 Å². The van der Waals surface area contributed by atoms with Crippen LogP contribution in [0.3, 0.4) is 0 Å². The molecule has 0 saturated heterocycles. The third-order valence-electron chi connectivity index (χ3n) is 6.77. The number of fused-ring (bicyclic) bond motifs is 2. The van der Waals surface area contributed by atoms with Crippen LogP contribution in [0.4, 0.5) is 16.4 Å². The zero-order chi connectivity index (χ0) is 29.7. The Balaban J connectivity index is 1.50. The number of hydrogen-bond acceptors (Lipinski definition) is 8. The number of anilines is 2. The molecule has 0 unspecified atom stereocenters. The van der Waals surface area contributed by atoms with Crippen LogP contribution in [0.2, 0.25) is 0 Å². The van der Waals surface area contributed by atoms with Crippen molar-refractivity contribution in [1.29, 1.82) is 0 Å². The number of amides is 1. The van der Waals surface area contributed by atoms with E-state index in [1.54, 1.807) is 32.7 Å². The Bertz CT molecular complexity index is 1670. The van der Waals surface area contributed by atoms with E-state index in [1.165, 1.54) is 5.56 Å². The van der Waals surface area contributed by atoms with E-state index in [2.05, 4.69) is 21.4 Å². The normalized spacial score (nSPS) is 13.9. The zero-order valence-electron chi connectivity index (χ0n) is 25.0. The Morgan fingerprint density at radius 1 is 1.02 bits per heavy atom. The quantitative estimate of drug-likeness (QED) is 0.359. The Labute approximate surface area is 239 Å². The standard InChI is InChI=1S/C30H38N8O3/c1-18(2)37-25(39)22-16-32-27(35-24(22)38(37)23-11-13-31-26(34-23)29(3,4)5)33-21-10-9-19-12-14-36(17-20(19)15-21)28(40)41-30(6,7)8/h9-11,13,15-16,18H,12,14,17H2,1-8H3,(H,32,33,35). The molecule has 0 spiro atoms. The Hall–Kier alpha value is -4.28. The van der Waals surface area contributed by atoms with Crippen LogP contribution in [0.15, 0.2) is 41.5 Å². The fourth-order valence-electron chi connectivity index (χ4n) is 4.82. The van der Waals surface area contributed by atoms with E-state index in [-0.39, 0.29) is 23.1 Å². The molecule has 11 heteroatoms. The minimum absolute atomic E-state index is 0.144. The molecule has 216 valence electrons. The summed E-state index contributed by atoms with van der Waals surface area (Å²) in [5.74, 6) is 1.57. The molecule has 1 aromatic carbocycles. The van der Waals surface area contributed by atoms with Gasteiger partial charge in [0.05, 0.1) is 0 Å². The molecule has 41 heavy (non-hydrogen) atoms. The van der Waals surface area contributed by atoms with E-state index in [0.717, 1.165) is 17.7 Å². The fourth-order valence-corrected chi connectivity index (χ4v) is 4.82. The highest BCUT2D eigenvalue weighted by Gasteiger charge is 2.26. The number of hydrogen-bond donors (Lipinski definition) is 1. The molecule has 1 aliphatic rings. The van der Waals surface area contributed by atoms with Gasteiger partial charge < -0.3 is 15.0 Å². The lowest BCUT2D eigenvalue weighted by atomic mass is 9.96. The first-order valence-electron chi connectivity index (χ1n) is 13.9. The van der Waals surface area contributed by atoms with Crippen molar-refractivity contribution in [1.82, 2.24) is 34.2 Å². The molecule has 4 heterocycles. The molecule has 1 N–H and O–H groups in total. The van der Waals surface area contributed by atoms with E-state index >= 15 is 0 Å². The summed E-state index contributed by atoms with van der Waals surface area (Å²) >= 11 is 0. The number of benzene rings is 1. The van der Waals surface area contributed by atoms with E-state index < -0.39 is 5.60 Å². The maximum Gasteiger partial charge on any atom is 0.410 e. The Morgan fingerprint density at radius 3 is 2.46 bits per heavy atom. The largest absolute Gasteiger partial charge is 0.444 e. The second kappa shape index (κ2) is 10.3. The molecule has 4 aromatic rings. The second-order valence-electron chi connectivity index (χ2n) is 12.7. The average molecular weight is 559 g/mol. The highest BCUT2D eigenvalue weighted by atomic mass is 16.6. The van der Waals surface area contributed by atoms with E-state index in [4.69, 9.17) is 14.7 Å². The van der Waals surface area contributed by atoms with Gasteiger partial charge in [-0.05, 0) is 64.3 Å². The Kier molecular flexibility index (Phi) is 7.08. The van der Waals surface area contributed by atoms with Crippen LogP contribution in [-0.4, -0.2) is 52.4 Å². The summed E-state index contributed by atoms with van der Waals surface area (Å²) in [5, 5.41) is 3.69. The lowest BCUT2D eigenvalue weighted by molar-refractivity contribution is 0.0224. The fraction of sp³-hybridized carbons (Fsp3) is 0.467. The van der Waals surface area contributed by atoms with Crippen molar-refractivity contribution >= 4 is 28.8 Å². The first-order valence-corrected chi connectivity index (χ1v) is 13.9. The lowest BCUT2D eigenvalue weighted by Crippen LogP contribution is -2.39. The van der Waals surface area contributed by atoms with Gasteiger partial charge in [-0.15, -0.1) is 0 Å². The van der Waals surface area contributed by atoms with Crippen molar-refractivity contribution in [2.75, 3.05) is 11.9 Å². The van der Waals surface area contributed by atoms with Crippen LogP contribution in [0.5, 0.6) is 0 Å². The van der Waals surface area contributed by atoms with Gasteiger partial charge in [-0.25, -0.2) is 29.1 Å². The molecule has 1 aliphatic heterocycles. The van der Waals surface area contributed by atoms with Crippen molar-refractivity contribution in [2.45, 2.75) is 85.4 Å². The smallest absolute Gasteiger partial charge is 0.410 e. The number of nitrogens with one attached hydrogen (secondary N) is 1. The molecular formula is C30H38N8O3. The average Bonchev–Trinajstić information content (AvgIpc) is 3.18. The highest BCUT2D eigenvalue weighted by molar-refractivity contribution is 5.77. The summed E-state index contributed by atoms with van der Waals surface area (Å²) in [5.41, 5.74) is 2.45. The summed E-state index contributed by atoms with van der Waals surface area (Å²) in [6.07, 6.45) is 3.69. The van der Waals surface area contributed by atoms with Crippen LogP contribution in [0, 0.1) is 0 Å². The number of nitrogens with zero attached hydrogens (tertiary/aromatic N) is 7. The highest BCUT2D eigenvalue weighted by Crippen LogP contribution is 2.27. The van der Waals surface area contributed by atoms with Crippen LogP contribution >= 0.6 is 0 Å². The third kappa shape index (κ3) is 5.79. The molecule has 0 fully saturated rings. The molecule has 0 atom stereocenters. The topological polar surface area (TPSA) is 120 Å². The molecule has 0 aliphatic carbocycles. The number of carbonyl (C=O) groups excluding carboxylic acids is 1. The van der Waals surface area contributed by atoms with Crippen LogP contribution in [-0.2, 0) is 23.1 Å². The van der Waals surface area contributed by atoms with Crippen molar-refractivity contribution < 1.29 is 9.53 Å². The summed E-state index contributed by atoms with van der Waals surface area (Å²) in [6.45, 7) is 16.7. The number of rotatable bonds is 4. The van der Waals surface area contributed by atoms with Crippen molar-refractivity contribution in [3.63, 3.8) is 0 Å². The molecular weight excluding hydrogens is 520 g/mol. The van der Waals surface area contributed by atoms with Crippen LogP contribution in [0.1, 0.15) is 78.4 Å². The number of ether oxygens (including phenoxy) is 1. The molecule has 3 aromatic heterocycles. The summed E-state index contributed by atoms with van der Waals surface area (Å²) < 4.78 is 8.96. The molecule has 1 amide bonds. The van der Waals surface area contributed by atoms with Gasteiger partial charge in [0.25, 0.3) is 5.56 Å². The second-order valence-corrected chi connectivity index (χ2v) is 12.7. The summed E-state index contributed by atoms with van der Waals surface area (Å²) in [4.78, 5) is 46.3. The summed E-state index contributed by atoms with van der Waals surface area (Å²) in [7, 11) is 0. The van der Waals surface area contributed by atoms with Crippen molar-refractivity contribution in [2.24, 2.45) is 0 Å². The number of aromatic nitrogens is 6. The third-order valence-corrected chi connectivity index (χ3v) is 6.77. The summed E-state index contributed by atoms with van der Waals surface area (Å²) in [6, 6.07) is 7.67. The van der Waals surface area contributed by atoms with Gasteiger partial charge in [-0.1, -0.05) is 26.8 Å². The maximum atomic E-state index is 13.4. The van der Waals surface area contributed by atoms with Gasteiger partial charge in [0.1, 0.15) is 16.8 Å². The minimum Gasteiger partial charge on any atom is -0.444 e. The van der Waals surface area contributed by atoms with E-state index in [0.29, 0.717) is 41.7 Å². The molecule has 0 saturated carbocycles. The molecule has 11 nitrogen and oxygen atoms in total. The molecule has 5 rings (SSSR count). The van der Waals surface area contributed by atoms with Crippen LogP contribution < -0.4 is 10.9 Å². The van der Waals surface area contributed by atoms with Gasteiger partial charge in [-0.3, -0.25) is 4.79 Å². The lowest BCUT2D eigenvalue weighted by Gasteiger charge is -2.31. The predicted molar refractivity (Wildman–Crippen MR) is 158 cm³/mol. The van der Waals surface area contributed by atoms with Gasteiger partial charge in [0, 0.05) is 48.7 Å². The first-order chi connectivity index (χ1) is 19.2. The van der Waals surface area contributed by atoms with Gasteiger partial charge in [0.15, 0.2) is 11.5 Å². The van der Waals surface area contributed by atoms with Gasteiger partial charge >= 0.3 is 6.09 Å². The zero-order valence-corrected chi connectivity index (χ0v) is 25.0. The van der Waals surface area contributed by atoms with Gasteiger partial charge in [-0.2, -0.15) is 4.98 Å². The minimum atomic E-state index is -0.549. The maximum absolute atomic E-state index is 13.4. The van der Waals surface area contributed by atoms with E-state index in [9.17, 15) is 9.59 Å². The van der Waals surface area contributed by atoms with E-state index in [1.807, 2.05) is 67.5 Å². The predicted octanol–water partition coefficient (Wildman–Crippen LogP) is 5.29. The SMILES string of the molecule is CC(C)n1c(=O)c2cnc(Nc3ccc4c(c3)CN(C(=O)OC(C)(C)C)CC4)nc2n1-c1ccnc(C(C)(C)C)n1. The Morgan fingerprint density at radius 2 is 1.78 bits per heavy atom. The molecule has 0 bridgehead atoms. The van der Waals surface area contributed by atoms with Crippen LogP contribution in [0.25, 0.3) is 16.9 Å². The monoisotopic (exact) mass is 558 g/mol.